The van der Waals surface area contributed by atoms with E-state index in [1.165, 1.54) is 0 Å². The van der Waals surface area contributed by atoms with Gasteiger partial charge in [-0.3, -0.25) is 4.79 Å². The molecule has 1 aromatic rings. The highest BCUT2D eigenvalue weighted by Crippen LogP contribution is 2.23. The molecule has 0 unspecified atom stereocenters. The zero-order chi connectivity index (χ0) is 12.8. The highest BCUT2D eigenvalue weighted by molar-refractivity contribution is 6.34. The van der Waals surface area contributed by atoms with E-state index in [1.54, 1.807) is 35.3 Å². The van der Waals surface area contributed by atoms with Crippen LogP contribution >= 0.6 is 11.6 Å². The minimum Gasteiger partial charge on any atom is -0.398 e. The standard InChI is InChI=1S/C13H15ClN2O/c1-3-8-16(9-4-2)13(17)12-10(14)6-5-7-11(12)15/h3-7H,1-2,8-9,15H2. The van der Waals surface area contributed by atoms with Crippen molar-refractivity contribution in [3.8, 4) is 0 Å². The van der Waals surface area contributed by atoms with Gasteiger partial charge in [-0.25, -0.2) is 0 Å². The van der Waals surface area contributed by atoms with Crippen molar-refractivity contribution in [2.45, 2.75) is 0 Å². The summed E-state index contributed by atoms with van der Waals surface area (Å²) in [5.41, 5.74) is 6.48. The summed E-state index contributed by atoms with van der Waals surface area (Å²) in [6, 6.07) is 5.00. The number of halogens is 1. The molecule has 17 heavy (non-hydrogen) atoms. The number of hydrogen-bond acceptors (Lipinski definition) is 2. The van der Waals surface area contributed by atoms with Gasteiger partial charge in [0.15, 0.2) is 0 Å². The molecule has 0 aromatic heterocycles. The molecule has 0 fully saturated rings. The van der Waals surface area contributed by atoms with Crippen molar-refractivity contribution >= 4 is 23.2 Å². The Morgan fingerprint density at radius 3 is 2.41 bits per heavy atom. The van der Waals surface area contributed by atoms with Crippen molar-refractivity contribution in [1.82, 2.24) is 4.90 Å². The summed E-state index contributed by atoms with van der Waals surface area (Å²) in [7, 11) is 0. The lowest BCUT2D eigenvalue weighted by Gasteiger charge is -2.20. The quantitative estimate of drug-likeness (QED) is 0.645. The Morgan fingerprint density at radius 2 is 1.94 bits per heavy atom. The second kappa shape index (κ2) is 6.11. The molecular weight excluding hydrogens is 236 g/mol. The van der Waals surface area contributed by atoms with E-state index in [0.29, 0.717) is 29.4 Å². The lowest BCUT2D eigenvalue weighted by molar-refractivity contribution is 0.0792. The molecule has 0 heterocycles. The number of rotatable bonds is 5. The van der Waals surface area contributed by atoms with Crippen molar-refractivity contribution in [3.63, 3.8) is 0 Å². The largest absolute Gasteiger partial charge is 0.398 e. The summed E-state index contributed by atoms with van der Waals surface area (Å²) in [4.78, 5) is 13.8. The molecule has 1 aromatic carbocycles. The van der Waals surface area contributed by atoms with E-state index >= 15 is 0 Å². The molecule has 0 aliphatic heterocycles. The fourth-order valence-corrected chi connectivity index (χ4v) is 1.74. The molecule has 1 amide bonds. The Hall–Kier alpha value is -1.74. The van der Waals surface area contributed by atoms with Crippen LogP contribution in [0.15, 0.2) is 43.5 Å². The maximum atomic E-state index is 12.2. The average Bonchev–Trinajstić information content (AvgIpc) is 2.28. The van der Waals surface area contributed by atoms with Crippen LogP contribution in [-0.4, -0.2) is 23.9 Å². The van der Waals surface area contributed by atoms with Crippen LogP contribution in [0.25, 0.3) is 0 Å². The first kappa shape index (κ1) is 13.3. The summed E-state index contributed by atoms with van der Waals surface area (Å²) in [6.45, 7) is 8.07. The number of carbonyl (C=O) groups excluding carboxylic acids is 1. The van der Waals surface area contributed by atoms with Crippen molar-refractivity contribution in [3.05, 3.63) is 54.1 Å². The van der Waals surface area contributed by atoms with Crippen LogP contribution in [0.1, 0.15) is 10.4 Å². The van der Waals surface area contributed by atoms with Crippen molar-refractivity contribution in [2.75, 3.05) is 18.8 Å². The molecule has 90 valence electrons. The van der Waals surface area contributed by atoms with Gasteiger partial charge in [-0.1, -0.05) is 29.8 Å². The third kappa shape index (κ3) is 3.11. The van der Waals surface area contributed by atoms with Crippen LogP contribution in [0, 0.1) is 0 Å². The molecule has 0 radical (unpaired) electrons. The van der Waals surface area contributed by atoms with E-state index in [2.05, 4.69) is 13.2 Å². The molecule has 2 N–H and O–H groups in total. The zero-order valence-electron chi connectivity index (χ0n) is 9.53. The Kier molecular flexibility index (Phi) is 4.79. The van der Waals surface area contributed by atoms with E-state index < -0.39 is 0 Å². The molecule has 4 heteroatoms. The molecule has 0 atom stereocenters. The number of carbonyl (C=O) groups is 1. The monoisotopic (exact) mass is 250 g/mol. The van der Waals surface area contributed by atoms with Gasteiger partial charge in [-0.15, -0.1) is 13.2 Å². The molecule has 3 nitrogen and oxygen atoms in total. The first-order valence-electron chi connectivity index (χ1n) is 5.16. The van der Waals surface area contributed by atoms with E-state index in [9.17, 15) is 4.79 Å². The third-order valence-electron chi connectivity index (χ3n) is 2.25. The van der Waals surface area contributed by atoms with Crippen LogP contribution < -0.4 is 5.73 Å². The first-order valence-corrected chi connectivity index (χ1v) is 5.54. The number of anilines is 1. The van der Waals surface area contributed by atoms with Gasteiger partial charge in [-0.2, -0.15) is 0 Å². The van der Waals surface area contributed by atoms with E-state index in [0.717, 1.165) is 0 Å². The highest BCUT2D eigenvalue weighted by atomic mass is 35.5. The predicted octanol–water partition coefficient (Wildman–Crippen LogP) is 2.74. The number of amides is 1. The Labute approximate surface area is 106 Å². The molecule has 0 aliphatic carbocycles. The SMILES string of the molecule is C=CCN(CC=C)C(=O)c1c(N)cccc1Cl. The summed E-state index contributed by atoms with van der Waals surface area (Å²) < 4.78 is 0. The number of nitrogen functional groups attached to an aromatic ring is 1. The smallest absolute Gasteiger partial charge is 0.258 e. The fourth-order valence-electron chi connectivity index (χ4n) is 1.48. The van der Waals surface area contributed by atoms with Gasteiger partial charge in [0, 0.05) is 18.8 Å². The van der Waals surface area contributed by atoms with Crippen molar-refractivity contribution < 1.29 is 4.79 Å². The van der Waals surface area contributed by atoms with Gasteiger partial charge in [0.05, 0.1) is 10.6 Å². The van der Waals surface area contributed by atoms with E-state index in [4.69, 9.17) is 17.3 Å². The molecule has 0 bridgehead atoms. The van der Waals surface area contributed by atoms with Crippen LogP contribution in [0.4, 0.5) is 5.69 Å². The molecule has 1 rings (SSSR count). The van der Waals surface area contributed by atoms with Gasteiger partial charge < -0.3 is 10.6 Å². The average molecular weight is 251 g/mol. The lowest BCUT2D eigenvalue weighted by Crippen LogP contribution is -2.32. The maximum Gasteiger partial charge on any atom is 0.258 e. The molecule has 0 saturated carbocycles. The number of hydrogen-bond donors (Lipinski definition) is 1. The topological polar surface area (TPSA) is 46.3 Å². The van der Waals surface area contributed by atoms with Gasteiger partial charge in [-0.05, 0) is 12.1 Å². The summed E-state index contributed by atoms with van der Waals surface area (Å²) in [6.07, 6.45) is 3.29. The van der Waals surface area contributed by atoms with Gasteiger partial charge in [0.25, 0.3) is 5.91 Å². The maximum absolute atomic E-state index is 12.2. The summed E-state index contributed by atoms with van der Waals surface area (Å²) in [5.74, 6) is -0.215. The Balaban J connectivity index is 3.08. The number of benzene rings is 1. The highest BCUT2D eigenvalue weighted by Gasteiger charge is 2.18. The van der Waals surface area contributed by atoms with Crippen molar-refractivity contribution in [2.24, 2.45) is 0 Å². The minimum atomic E-state index is -0.215. The van der Waals surface area contributed by atoms with Gasteiger partial charge in [0.2, 0.25) is 0 Å². The minimum absolute atomic E-state index is 0.215. The normalized spacial score (nSPS) is 9.71. The van der Waals surface area contributed by atoms with Crippen LogP contribution in [0.2, 0.25) is 5.02 Å². The molecule has 0 saturated heterocycles. The van der Waals surface area contributed by atoms with E-state index in [1.807, 2.05) is 0 Å². The van der Waals surface area contributed by atoms with Gasteiger partial charge >= 0.3 is 0 Å². The van der Waals surface area contributed by atoms with Crippen molar-refractivity contribution in [1.29, 1.82) is 0 Å². The lowest BCUT2D eigenvalue weighted by atomic mass is 10.1. The van der Waals surface area contributed by atoms with Crippen LogP contribution in [0.3, 0.4) is 0 Å². The molecule has 0 aliphatic rings. The zero-order valence-corrected chi connectivity index (χ0v) is 10.3. The Bertz CT molecular complexity index is 413. The Morgan fingerprint density at radius 1 is 1.35 bits per heavy atom. The predicted molar refractivity (Wildman–Crippen MR) is 72.2 cm³/mol. The van der Waals surface area contributed by atoms with Crippen LogP contribution in [-0.2, 0) is 0 Å². The summed E-state index contributed by atoms with van der Waals surface area (Å²) in [5, 5.41) is 0.355. The second-order valence-corrected chi connectivity index (χ2v) is 3.90. The number of nitrogens with two attached hydrogens (primary N) is 1. The van der Waals surface area contributed by atoms with E-state index in [-0.39, 0.29) is 5.91 Å². The summed E-state index contributed by atoms with van der Waals surface area (Å²) >= 11 is 5.99. The third-order valence-corrected chi connectivity index (χ3v) is 2.56. The number of nitrogens with zero attached hydrogens (tertiary/aromatic N) is 1. The van der Waals surface area contributed by atoms with Gasteiger partial charge in [0.1, 0.15) is 0 Å². The molecule has 0 spiro atoms. The second-order valence-electron chi connectivity index (χ2n) is 3.49. The first-order chi connectivity index (χ1) is 8.11. The fraction of sp³-hybridized carbons (Fsp3) is 0.154. The van der Waals surface area contributed by atoms with Crippen LogP contribution in [0.5, 0.6) is 0 Å². The molecular formula is C13H15ClN2O.